The van der Waals surface area contributed by atoms with E-state index >= 15 is 0 Å². The molecular weight excluding hydrogens is 194 g/mol. The normalized spacial score (nSPS) is 21.5. The van der Waals surface area contributed by atoms with Crippen LogP contribution in [0.4, 0.5) is 0 Å². The van der Waals surface area contributed by atoms with Gasteiger partial charge in [-0.25, -0.2) is 0 Å². The number of nitrogens with two attached hydrogens (primary N) is 1. The molecule has 4 heteroatoms. The molecule has 4 nitrogen and oxygen atoms in total. The Kier molecular flexibility index (Phi) is 1.65. The van der Waals surface area contributed by atoms with Gasteiger partial charge in [0.05, 0.1) is 5.92 Å². The second-order valence-corrected chi connectivity index (χ2v) is 3.86. The molecule has 0 saturated carbocycles. The van der Waals surface area contributed by atoms with Gasteiger partial charge in [-0.05, 0) is 24.5 Å². The number of rotatable bonds is 1. The lowest BCUT2D eigenvalue weighted by Crippen LogP contribution is -2.19. The zero-order valence-electron chi connectivity index (χ0n) is 8.16. The van der Waals surface area contributed by atoms with Gasteiger partial charge in [0.1, 0.15) is 0 Å². The van der Waals surface area contributed by atoms with Gasteiger partial charge in [-0.3, -0.25) is 4.79 Å². The number of primary amides is 1. The van der Waals surface area contributed by atoms with Gasteiger partial charge in [0.25, 0.3) is 0 Å². The first-order valence-corrected chi connectivity index (χ1v) is 4.98. The lowest BCUT2D eigenvalue weighted by Gasteiger charge is -2.07. The first-order valence-electron chi connectivity index (χ1n) is 4.98. The highest BCUT2D eigenvalue weighted by molar-refractivity contribution is 5.84. The Morgan fingerprint density at radius 3 is 3.07 bits per heavy atom. The van der Waals surface area contributed by atoms with Crippen LogP contribution in [0.25, 0.3) is 0 Å². The van der Waals surface area contributed by atoms with E-state index in [0.717, 1.165) is 35.5 Å². The molecule has 1 aliphatic carbocycles. The van der Waals surface area contributed by atoms with Crippen molar-refractivity contribution in [2.75, 3.05) is 6.79 Å². The van der Waals surface area contributed by atoms with Crippen LogP contribution in [0.5, 0.6) is 11.5 Å². The van der Waals surface area contributed by atoms with Gasteiger partial charge in [0.15, 0.2) is 11.5 Å². The van der Waals surface area contributed by atoms with Crippen LogP contribution in [-0.4, -0.2) is 12.7 Å². The van der Waals surface area contributed by atoms with E-state index in [9.17, 15) is 4.79 Å². The molecule has 0 radical (unpaired) electrons. The van der Waals surface area contributed by atoms with Crippen molar-refractivity contribution in [2.24, 2.45) is 5.73 Å². The quantitative estimate of drug-likeness (QED) is 0.741. The molecule has 1 heterocycles. The SMILES string of the molecule is NC(=O)C1CCc2c1ccc1c2OCO1. The van der Waals surface area contributed by atoms with E-state index in [4.69, 9.17) is 15.2 Å². The van der Waals surface area contributed by atoms with Crippen LogP contribution in [0.2, 0.25) is 0 Å². The van der Waals surface area contributed by atoms with Crippen molar-refractivity contribution in [1.82, 2.24) is 0 Å². The number of carbonyl (C=O) groups excluding carboxylic acids is 1. The highest BCUT2D eigenvalue weighted by atomic mass is 16.7. The third kappa shape index (κ3) is 1.11. The average Bonchev–Trinajstić information content (AvgIpc) is 2.82. The van der Waals surface area contributed by atoms with Crippen molar-refractivity contribution in [3.05, 3.63) is 23.3 Å². The van der Waals surface area contributed by atoms with Crippen LogP contribution in [0, 0.1) is 0 Å². The molecule has 1 aromatic carbocycles. The molecule has 1 aromatic rings. The van der Waals surface area contributed by atoms with Crippen LogP contribution in [0.15, 0.2) is 12.1 Å². The van der Waals surface area contributed by atoms with E-state index in [1.165, 1.54) is 0 Å². The van der Waals surface area contributed by atoms with Crippen LogP contribution < -0.4 is 15.2 Å². The molecular formula is C11H11NO3. The molecule has 0 bridgehead atoms. The Morgan fingerprint density at radius 2 is 2.27 bits per heavy atom. The van der Waals surface area contributed by atoms with Crippen LogP contribution in [0.1, 0.15) is 23.5 Å². The maximum atomic E-state index is 11.2. The minimum absolute atomic E-state index is 0.158. The fraction of sp³-hybridized carbons (Fsp3) is 0.364. The number of carbonyl (C=O) groups is 1. The zero-order valence-corrected chi connectivity index (χ0v) is 8.16. The van der Waals surface area contributed by atoms with E-state index in [-0.39, 0.29) is 18.6 Å². The maximum absolute atomic E-state index is 11.2. The Labute approximate surface area is 87.0 Å². The Balaban J connectivity index is 2.13. The number of benzene rings is 1. The molecule has 15 heavy (non-hydrogen) atoms. The summed E-state index contributed by atoms with van der Waals surface area (Å²) in [5.74, 6) is 1.16. The molecule has 0 fully saturated rings. The number of ether oxygens (including phenoxy) is 2. The van der Waals surface area contributed by atoms with Crippen molar-refractivity contribution in [1.29, 1.82) is 0 Å². The Bertz CT molecular complexity index is 442. The van der Waals surface area contributed by atoms with E-state index < -0.39 is 0 Å². The third-order valence-electron chi connectivity index (χ3n) is 3.08. The van der Waals surface area contributed by atoms with E-state index in [2.05, 4.69) is 0 Å². The third-order valence-corrected chi connectivity index (χ3v) is 3.08. The topological polar surface area (TPSA) is 61.6 Å². The number of hydrogen-bond donors (Lipinski definition) is 1. The summed E-state index contributed by atoms with van der Waals surface area (Å²) >= 11 is 0. The van der Waals surface area contributed by atoms with Gasteiger partial charge >= 0.3 is 0 Å². The highest BCUT2D eigenvalue weighted by Crippen LogP contribution is 2.45. The lowest BCUT2D eigenvalue weighted by molar-refractivity contribution is -0.119. The molecule has 1 unspecified atom stereocenters. The standard InChI is InChI=1S/C11H11NO3/c12-11(13)8-2-1-7-6(8)3-4-9-10(7)15-5-14-9/h3-4,8H,1-2,5H2,(H2,12,13). The van der Waals surface area contributed by atoms with Crippen molar-refractivity contribution in [3.8, 4) is 11.5 Å². The van der Waals surface area contributed by atoms with Gasteiger partial charge in [-0.2, -0.15) is 0 Å². The molecule has 2 N–H and O–H groups in total. The van der Waals surface area contributed by atoms with Crippen LogP contribution in [-0.2, 0) is 11.2 Å². The highest BCUT2D eigenvalue weighted by Gasteiger charge is 2.32. The summed E-state index contributed by atoms with van der Waals surface area (Å²) in [6.45, 7) is 0.271. The summed E-state index contributed by atoms with van der Waals surface area (Å²) in [5, 5.41) is 0. The van der Waals surface area contributed by atoms with Crippen LogP contribution >= 0.6 is 0 Å². The molecule has 2 aliphatic rings. The number of fused-ring (bicyclic) bond motifs is 3. The fourth-order valence-electron chi connectivity index (χ4n) is 2.37. The summed E-state index contributed by atoms with van der Waals surface area (Å²) < 4.78 is 10.7. The van der Waals surface area contributed by atoms with Crippen molar-refractivity contribution in [2.45, 2.75) is 18.8 Å². The molecule has 1 atom stereocenters. The summed E-state index contributed by atoms with van der Waals surface area (Å²) in [6, 6.07) is 3.77. The van der Waals surface area contributed by atoms with Crippen molar-refractivity contribution in [3.63, 3.8) is 0 Å². The Hall–Kier alpha value is -1.71. The molecule has 78 valence electrons. The summed E-state index contributed by atoms with van der Waals surface area (Å²) in [7, 11) is 0. The average molecular weight is 205 g/mol. The predicted octanol–water partition coefficient (Wildman–Crippen LogP) is 0.930. The lowest BCUT2D eigenvalue weighted by atomic mass is 10.0. The molecule has 0 saturated heterocycles. The smallest absolute Gasteiger partial charge is 0.231 e. The number of hydrogen-bond acceptors (Lipinski definition) is 3. The van der Waals surface area contributed by atoms with Gasteiger partial charge in [-0.15, -0.1) is 0 Å². The molecule has 0 spiro atoms. The first kappa shape index (κ1) is 8.59. The maximum Gasteiger partial charge on any atom is 0.231 e. The molecule has 1 aliphatic heterocycles. The summed E-state index contributed by atoms with van der Waals surface area (Å²) in [6.07, 6.45) is 1.62. The first-order chi connectivity index (χ1) is 7.27. The van der Waals surface area contributed by atoms with E-state index in [1.807, 2.05) is 12.1 Å². The largest absolute Gasteiger partial charge is 0.454 e. The van der Waals surface area contributed by atoms with Crippen LogP contribution in [0.3, 0.4) is 0 Å². The van der Waals surface area contributed by atoms with Crippen molar-refractivity contribution < 1.29 is 14.3 Å². The zero-order chi connectivity index (χ0) is 10.4. The van der Waals surface area contributed by atoms with Gasteiger partial charge in [-0.1, -0.05) is 6.07 Å². The van der Waals surface area contributed by atoms with Gasteiger partial charge < -0.3 is 15.2 Å². The molecule has 1 amide bonds. The van der Waals surface area contributed by atoms with Crippen molar-refractivity contribution >= 4 is 5.91 Å². The Morgan fingerprint density at radius 1 is 1.40 bits per heavy atom. The second kappa shape index (κ2) is 2.89. The summed E-state index contributed by atoms with van der Waals surface area (Å²) in [5.41, 5.74) is 7.44. The molecule has 0 aromatic heterocycles. The minimum Gasteiger partial charge on any atom is -0.454 e. The number of amides is 1. The molecule has 3 rings (SSSR count). The van der Waals surface area contributed by atoms with Gasteiger partial charge in [0.2, 0.25) is 12.7 Å². The van der Waals surface area contributed by atoms with E-state index in [1.54, 1.807) is 0 Å². The fourth-order valence-corrected chi connectivity index (χ4v) is 2.37. The second-order valence-electron chi connectivity index (χ2n) is 3.86. The minimum atomic E-state index is -0.257. The van der Waals surface area contributed by atoms with E-state index in [0.29, 0.717) is 0 Å². The van der Waals surface area contributed by atoms with Gasteiger partial charge in [0, 0.05) is 5.56 Å². The monoisotopic (exact) mass is 205 g/mol. The predicted molar refractivity (Wildman–Crippen MR) is 52.8 cm³/mol. The summed E-state index contributed by atoms with van der Waals surface area (Å²) in [4.78, 5) is 11.2.